The molecule has 0 bridgehead atoms. The third-order valence-corrected chi connectivity index (χ3v) is 9.23. The number of Topliss-reactive ketones (excluding diaryl/α,β-unsaturated/α-hetero) is 1. The number of carbonyl (C=O) groups excluding carboxylic acids is 1. The van der Waals surface area contributed by atoms with Crippen molar-refractivity contribution in [2.24, 2.45) is 18.9 Å². The highest BCUT2D eigenvalue weighted by Crippen LogP contribution is 2.36. The standard InChI is InChI=1S/C31H40N4O/c1-34-21-27-26(6-3-7-30(27)33-34)31(36)20-23-10-8-22(9-11-23)14-17-35-18-15-25-12-13-28(24-4-2-5-24)32-29(25)16-19-35/h3,6-7,12-13,21-24H,2,4-5,8-11,14-20H2,1H3. The molecule has 0 amide bonds. The molecule has 1 aliphatic heterocycles. The molecule has 0 atom stereocenters. The lowest BCUT2D eigenvalue weighted by molar-refractivity contribution is 0.0942. The Labute approximate surface area is 215 Å². The topological polar surface area (TPSA) is 51.0 Å². The van der Waals surface area contributed by atoms with Crippen molar-refractivity contribution in [3.05, 3.63) is 59.0 Å². The van der Waals surface area contributed by atoms with E-state index in [9.17, 15) is 4.79 Å². The van der Waals surface area contributed by atoms with E-state index < -0.39 is 0 Å². The Hall–Kier alpha value is -2.53. The van der Waals surface area contributed by atoms with Crippen molar-refractivity contribution < 1.29 is 4.79 Å². The maximum absolute atomic E-state index is 13.1. The lowest BCUT2D eigenvalue weighted by Gasteiger charge is -2.30. The number of hydrogen-bond acceptors (Lipinski definition) is 4. The number of hydrogen-bond donors (Lipinski definition) is 0. The van der Waals surface area contributed by atoms with E-state index in [1.165, 1.54) is 81.4 Å². The fourth-order valence-electron chi connectivity index (χ4n) is 6.67. The molecule has 0 unspecified atom stereocenters. The molecule has 0 radical (unpaired) electrons. The van der Waals surface area contributed by atoms with Crippen LogP contribution in [0.2, 0.25) is 0 Å². The zero-order chi connectivity index (χ0) is 24.5. The summed E-state index contributed by atoms with van der Waals surface area (Å²) in [4.78, 5) is 20.9. The van der Waals surface area contributed by atoms with Gasteiger partial charge in [0, 0.05) is 67.4 Å². The monoisotopic (exact) mass is 484 g/mol. The van der Waals surface area contributed by atoms with Crippen LogP contribution in [0.4, 0.5) is 0 Å². The third kappa shape index (κ3) is 5.13. The van der Waals surface area contributed by atoms with E-state index in [0.717, 1.165) is 47.7 Å². The number of benzene rings is 1. The fraction of sp³-hybridized carbons (Fsp3) is 0.581. The van der Waals surface area contributed by atoms with Gasteiger partial charge in [0.1, 0.15) is 0 Å². The third-order valence-electron chi connectivity index (χ3n) is 9.23. The lowest BCUT2D eigenvalue weighted by Crippen LogP contribution is -2.29. The predicted molar refractivity (Wildman–Crippen MR) is 144 cm³/mol. The minimum atomic E-state index is 0.287. The van der Waals surface area contributed by atoms with E-state index in [2.05, 4.69) is 22.1 Å². The van der Waals surface area contributed by atoms with E-state index in [-0.39, 0.29) is 5.78 Å². The SMILES string of the molecule is Cn1cc2c(C(=O)CC3CCC(CCN4CCc5ccc(C6CCC6)nc5CC4)CC3)cccc2n1. The van der Waals surface area contributed by atoms with Gasteiger partial charge in [0.15, 0.2) is 5.78 Å². The molecule has 5 nitrogen and oxygen atoms in total. The van der Waals surface area contributed by atoms with Gasteiger partial charge >= 0.3 is 0 Å². The van der Waals surface area contributed by atoms with E-state index in [4.69, 9.17) is 4.98 Å². The second kappa shape index (κ2) is 10.5. The summed E-state index contributed by atoms with van der Waals surface area (Å²) in [6.07, 6.45) is 15.2. The number of nitrogens with zero attached hydrogens (tertiary/aromatic N) is 4. The molecular formula is C31H40N4O. The van der Waals surface area contributed by atoms with Gasteiger partial charge in [0.25, 0.3) is 0 Å². The van der Waals surface area contributed by atoms with E-state index in [1.807, 2.05) is 31.4 Å². The van der Waals surface area contributed by atoms with Gasteiger partial charge in [0.05, 0.1) is 5.52 Å². The molecule has 2 aliphatic carbocycles. The van der Waals surface area contributed by atoms with Crippen molar-refractivity contribution in [2.45, 2.75) is 76.5 Å². The molecule has 190 valence electrons. The molecule has 1 aromatic carbocycles. The first kappa shape index (κ1) is 23.8. The molecule has 3 aliphatic rings. The minimum Gasteiger partial charge on any atom is -0.303 e. The Kier molecular flexibility index (Phi) is 6.92. The lowest BCUT2D eigenvalue weighted by atomic mass is 9.78. The van der Waals surface area contributed by atoms with Gasteiger partial charge in [-0.05, 0) is 74.6 Å². The summed E-state index contributed by atoms with van der Waals surface area (Å²) in [5.74, 6) is 2.36. The molecule has 0 N–H and O–H groups in total. The summed E-state index contributed by atoms with van der Waals surface area (Å²) in [5, 5.41) is 5.46. The first-order chi connectivity index (χ1) is 17.6. The van der Waals surface area contributed by atoms with Crippen LogP contribution >= 0.6 is 0 Å². The summed E-state index contributed by atoms with van der Waals surface area (Å²) in [6, 6.07) is 10.6. The van der Waals surface area contributed by atoms with Gasteiger partial charge in [-0.2, -0.15) is 5.10 Å². The van der Waals surface area contributed by atoms with Gasteiger partial charge < -0.3 is 4.90 Å². The number of fused-ring (bicyclic) bond motifs is 2. The zero-order valence-electron chi connectivity index (χ0n) is 21.8. The summed E-state index contributed by atoms with van der Waals surface area (Å²) in [5.41, 5.74) is 5.96. The van der Waals surface area contributed by atoms with Crippen LogP contribution in [0.5, 0.6) is 0 Å². The smallest absolute Gasteiger partial charge is 0.163 e. The second-order valence-electron chi connectivity index (χ2n) is 11.7. The van der Waals surface area contributed by atoms with Crippen molar-refractivity contribution in [1.29, 1.82) is 0 Å². The van der Waals surface area contributed by atoms with Crippen molar-refractivity contribution in [1.82, 2.24) is 19.7 Å². The molecule has 0 saturated heterocycles. The Morgan fingerprint density at radius 2 is 1.78 bits per heavy atom. The van der Waals surface area contributed by atoms with Crippen molar-refractivity contribution in [3.63, 3.8) is 0 Å². The number of pyridine rings is 1. The maximum Gasteiger partial charge on any atom is 0.163 e. The fourth-order valence-corrected chi connectivity index (χ4v) is 6.67. The highest BCUT2D eigenvalue weighted by Gasteiger charge is 2.26. The van der Waals surface area contributed by atoms with Crippen LogP contribution in [0.3, 0.4) is 0 Å². The molecule has 0 spiro atoms. The van der Waals surface area contributed by atoms with E-state index in [0.29, 0.717) is 12.3 Å². The molecule has 5 heteroatoms. The molecule has 6 rings (SSSR count). The van der Waals surface area contributed by atoms with Gasteiger partial charge in [-0.25, -0.2) is 0 Å². The molecular weight excluding hydrogens is 444 g/mol. The van der Waals surface area contributed by atoms with Crippen LogP contribution in [-0.2, 0) is 19.9 Å². The van der Waals surface area contributed by atoms with Gasteiger partial charge in [0.2, 0.25) is 0 Å². The Bertz CT molecular complexity index is 1220. The van der Waals surface area contributed by atoms with E-state index in [1.54, 1.807) is 4.68 Å². The number of rotatable bonds is 7. The van der Waals surface area contributed by atoms with Crippen molar-refractivity contribution in [3.8, 4) is 0 Å². The molecule has 3 heterocycles. The Morgan fingerprint density at radius 1 is 0.972 bits per heavy atom. The number of aryl methyl sites for hydroxylation is 1. The summed E-state index contributed by atoms with van der Waals surface area (Å²) in [7, 11) is 1.92. The highest BCUT2D eigenvalue weighted by atomic mass is 16.1. The average Bonchev–Trinajstić information content (AvgIpc) is 3.12. The van der Waals surface area contributed by atoms with Crippen LogP contribution < -0.4 is 0 Å². The summed E-state index contributed by atoms with van der Waals surface area (Å²) < 4.78 is 1.80. The number of aromatic nitrogens is 3. The van der Waals surface area contributed by atoms with Crippen molar-refractivity contribution >= 4 is 16.7 Å². The first-order valence-electron chi connectivity index (χ1n) is 14.3. The summed E-state index contributed by atoms with van der Waals surface area (Å²) >= 11 is 0. The number of carbonyl (C=O) groups is 1. The van der Waals surface area contributed by atoms with Crippen LogP contribution in [-0.4, -0.2) is 45.1 Å². The average molecular weight is 485 g/mol. The van der Waals surface area contributed by atoms with E-state index >= 15 is 0 Å². The Balaban J connectivity index is 0.960. The second-order valence-corrected chi connectivity index (χ2v) is 11.7. The Morgan fingerprint density at radius 3 is 2.58 bits per heavy atom. The van der Waals surface area contributed by atoms with Crippen LogP contribution in [0, 0.1) is 11.8 Å². The quantitative estimate of drug-likeness (QED) is 0.380. The molecule has 3 aromatic rings. The van der Waals surface area contributed by atoms with Crippen LogP contribution in [0.15, 0.2) is 36.5 Å². The van der Waals surface area contributed by atoms with Crippen molar-refractivity contribution in [2.75, 3.05) is 19.6 Å². The number of ketones is 1. The summed E-state index contributed by atoms with van der Waals surface area (Å²) in [6.45, 7) is 3.53. The van der Waals surface area contributed by atoms with Crippen LogP contribution in [0.1, 0.15) is 91.0 Å². The normalized spacial score (nSPS) is 23.2. The molecule has 2 fully saturated rings. The molecule has 2 saturated carbocycles. The van der Waals surface area contributed by atoms with Crippen LogP contribution in [0.25, 0.3) is 10.9 Å². The largest absolute Gasteiger partial charge is 0.303 e. The highest BCUT2D eigenvalue weighted by molar-refractivity contribution is 6.07. The molecule has 36 heavy (non-hydrogen) atoms. The van der Waals surface area contributed by atoms with Gasteiger partial charge in [-0.1, -0.05) is 37.5 Å². The zero-order valence-corrected chi connectivity index (χ0v) is 21.8. The molecule has 2 aromatic heterocycles. The first-order valence-corrected chi connectivity index (χ1v) is 14.3. The maximum atomic E-state index is 13.1. The van der Waals surface area contributed by atoms with Gasteiger partial charge in [-0.15, -0.1) is 0 Å². The predicted octanol–water partition coefficient (Wildman–Crippen LogP) is 6.11. The van der Waals surface area contributed by atoms with Gasteiger partial charge in [-0.3, -0.25) is 14.5 Å². The minimum absolute atomic E-state index is 0.287.